The molecule has 4 nitrogen and oxygen atoms in total. The van der Waals surface area contributed by atoms with E-state index in [9.17, 15) is 9.59 Å². The Kier molecular flexibility index (Phi) is 2.73. The summed E-state index contributed by atoms with van der Waals surface area (Å²) < 4.78 is 2.90. The van der Waals surface area contributed by atoms with E-state index in [-0.39, 0.29) is 11.6 Å². The van der Waals surface area contributed by atoms with Crippen LogP contribution >= 0.6 is 0 Å². The maximum atomic E-state index is 12.9. The molecular formula is C19H16N2O2. The van der Waals surface area contributed by atoms with Gasteiger partial charge in [-0.2, -0.15) is 0 Å². The van der Waals surface area contributed by atoms with E-state index in [2.05, 4.69) is 0 Å². The number of nitrogens with zero attached hydrogens (tertiary/aromatic N) is 2. The smallest absolute Gasteiger partial charge is 0.269 e. The molecule has 0 saturated carbocycles. The predicted molar refractivity (Wildman–Crippen MR) is 89.9 cm³/mol. The molecule has 0 bridgehead atoms. The molecule has 0 amide bonds. The summed E-state index contributed by atoms with van der Waals surface area (Å²) in [6.07, 6.45) is 0. The first kappa shape index (κ1) is 13.8. The first-order valence-corrected chi connectivity index (χ1v) is 7.57. The van der Waals surface area contributed by atoms with Gasteiger partial charge < -0.3 is 0 Å². The average molecular weight is 304 g/mol. The minimum atomic E-state index is -0.293. The van der Waals surface area contributed by atoms with E-state index in [4.69, 9.17) is 0 Å². The minimum absolute atomic E-state index is 0.239. The van der Waals surface area contributed by atoms with Crippen molar-refractivity contribution in [3.63, 3.8) is 0 Å². The number of hydrogen-bond donors (Lipinski definition) is 0. The third-order valence-corrected chi connectivity index (χ3v) is 4.54. The number of allylic oxidation sites excluding steroid dienone is 1. The van der Waals surface area contributed by atoms with E-state index in [0.717, 1.165) is 27.9 Å². The summed E-state index contributed by atoms with van der Waals surface area (Å²) in [5.74, 6) is -0.239. The van der Waals surface area contributed by atoms with Crippen molar-refractivity contribution in [2.75, 3.05) is 0 Å². The third-order valence-electron chi connectivity index (χ3n) is 4.54. The summed E-state index contributed by atoms with van der Waals surface area (Å²) >= 11 is 0. The van der Waals surface area contributed by atoms with E-state index in [1.54, 1.807) is 11.3 Å². The van der Waals surface area contributed by atoms with Gasteiger partial charge in [0.1, 0.15) is 0 Å². The Morgan fingerprint density at radius 2 is 1.61 bits per heavy atom. The van der Waals surface area contributed by atoms with Crippen LogP contribution in [0.15, 0.2) is 52.8 Å². The highest BCUT2D eigenvalue weighted by Crippen LogP contribution is 2.33. The van der Waals surface area contributed by atoms with Crippen molar-refractivity contribution in [3.05, 3.63) is 81.0 Å². The van der Waals surface area contributed by atoms with Crippen LogP contribution < -0.4 is 5.69 Å². The fraction of sp³-hybridized carbons (Fsp3) is 0.158. The summed E-state index contributed by atoms with van der Waals surface area (Å²) in [7, 11) is 0. The lowest BCUT2D eigenvalue weighted by Crippen LogP contribution is -2.31. The van der Waals surface area contributed by atoms with Crippen LogP contribution in [0.2, 0.25) is 0 Å². The normalized spacial score (nSPS) is 14.0. The van der Waals surface area contributed by atoms with Gasteiger partial charge >= 0.3 is 5.69 Å². The number of hydrogen-bond acceptors (Lipinski definition) is 2. The second-order valence-corrected chi connectivity index (χ2v) is 6.01. The second kappa shape index (κ2) is 4.56. The topological polar surface area (TPSA) is 43.5 Å². The Labute approximate surface area is 133 Å². The van der Waals surface area contributed by atoms with Gasteiger partial charge in [-0.3, -0.25) is 9.20 Å². The van der Waals surface area contributed by atoms with Gasteiger partial charge in [-0.05, 0) is 44.0 Å². The Morgan fingerprint density at radius 1 is 0.913 bits per heavy atom. The Morgan fingerprint density at radius 3 is 2.30 bits per heavy atom. The van der Waals surface area contributed by atoms with E-state index >= 15 is 0 Å². The summed E-state index contributed by atoms with van der Waals surface area (Å²) in [6.45, 7) is 5.65. The van der Waals surface area contributed by atoms with Crippen molar-refractivity contribution in [1.29, 1.82) is 0 Å². The average Bonchev–Trinajstić information content (AvgIpc) is 2.96. The molecule has 0 saturated heterocycles. The van der Waals surface area contributed by atoms with Gasteiger partial charge in [-0.1, -0.05) is 30.3 Å². The van der Waals surface area contributed by atoms with Crippen LogP contribution in [-0.4, -0.2) is 14.9 Å². The molecule has 23 heavy (non-hydrogen) atoms. The van der Waals surface area contributed by atoms with Crippen molar-refractivity contribution in [2.45, 2.75) is 20.8 Å². The van der Waals surface area contributed by atoms with Crippen molar-refractivity contribution < 1.29 is 4.79 Å². The lowest BCUT2D eigenvalue weighted by Gasteiger charge is -2.09. The summed E-state index contributed by atoms with van der Waals surface area (Å²) in [6, 6.07) is 13.7. The van der Waals surface area contributed by atoms with Crippen LogP contribution in [0.4, 0.5) is 0 Å². The summed E-state index contributed by atoms with van der Waals surface area (Å²) in [5.41, 5.74) is 5.52. The number of carbonyl (C=O) groups is 1. The van der Waals surface area contributed by atoms with E-state index < -0.39 is 0 Å². The number of aryl methyl sites for hydroxylation is 2. The summed E-state index contributed by atoms with van der Waals surface area (Å²) in [4.78, 5) is 25.5. The second-order valence-electron chi connectivity index (χ2n) is 6.01. The minimum Gasteiger partial charge on any atom is -0.269 e. The number of carbonyl (C=O) groups excluding carboxylic acids is 1. The molecule has 1 aliphatic rings. The predicted octanol–water partition coefficient (Wildman–Crippen LogP) is 3.19. The van der Waals surface area contributed by atoms with Crippen LogP contribution in [0.1, 0.15) is 34.2 Å². The van der Waals surface area contributed by atoms with Crippen LogP contribution in [0, 0.1) is 13.8 Å². The Bertz CT molecular complexity index is 1070. The molecule has 114 valence electrons. The van der Waals surface area contributed by atoms with E-state index in [0.29, 0.717) is 11.3 Å². The van der Waals surface area contributed by atoms with Crippen LogP contribution in [0.25, 0.3) is 11.1 Å². The quantitative estimate of drug-likeness (QED) is 0.693. The monoisotopic (exact) mass is 304 g/mol. The molecule has 0 N–H and O–H groups in total. The molecular weight excluding hydrogens is 288 g/mol. The zero-order valence-electron chi connectivity index (χ0n) is 13.3. The van der Waals surface area contributed by atoms with Crippen LogP contribution in [0.5, 0.6) is 0 Å². The van der Waals surface area contributed by atoms with Gasteiger partial charge in [0.05, 0.1) is 11.2 Å². The van der Waals surface area contributed by atoms with E-state index in [1.807, 2.05) is 56.3 Å². The van der Waals surface area contributed by atoms with Gasteiger partial charge in [0.2, 0.25) is 0 Å². The van der Waals surface area contributed by atoms with Crippen molar-refractivity contribution >= 4 is 17.0 Å². The molecule has 2 aromatic heterocycles. The zero-order chi connectivity index (χ0) is 16.3. The molecule has 4 rings (SSSR count). The molecule has 1 aliphatic heterocycles. The van der Waals surface area contributed by atoms with Crippen LogP contribution in [-0.2, 0) is 0 Å². The van der Waals surface area contributed by atoms with Gasteiger partial charge in [0.15, 0.2) is 0 Å². The fourth-order valence-corrected chi connectivity index (χ4v) is 3.46. The third kappa shape index (κ3) is 1.72. The van der Waals surface area contributed by atoms with Gasteiger partial charge in [0, 0.05) is 16.8 Å². The molecule has 0 spiro atoms. The molecule has 4 heteroatoms. The molecule has 0 unspecified atom stereocenters. The SMILES string of the molecule is CC1=C(c2ccccc2)c2cc3c(C)cc(C)n3c(=O)n2C1=O. The highest BCUT2D eigenvalue weighted by atomic mass is 16.2. The number of rotatable bonds is 1. The maximum absolute atomic E-state index is 12.9. The maximum Gasteiger partial charge on any atom is 0.340 e. The number of benzene rings is 1. The van der Waals surface area contributed by atoms with Crippen molar-refractivity contribution in [1.82, 2.24) is 8.97 Å². The van der Waals surface area contributed by atoms with Gasteiger partial charge in [-0.15, -0.1) is 0 Å². The Balaban J connectivity index is 2.14. The molecule has 3 heterocycles. The van der Waals surface area contributed by atoms with Gasteiger partial charge in [0.25, 0.3) is 5.91 Å². The molecule has 0 aliphatic carbocycles. The zero-order valence-corrected chi connectivity index (χ0v) is 13.3. The first-order valence-electron chi connectivity index (χ1n) is 7.57. The molecule has 0 fully saturated rings. The van der Waals surface area contributed by atoms with Crippen molar-refractivity contribution in [2.24, 2.45) is 0 Å². The first-order chi connectivity index (χ1) is 11.0. The Hall–Kier alpha value is -2.88. The number of aromatic nitrogens is 2. The van der Waals surface area contributed by atoms with Crippen molar-refractivity contribution in [3.8, 4) is 0 Å². The fourth-order valence-electron chi connectivity index (χ4n) is 3.46. The highest BCUT2D eigenvalue weighted by Gasteiger charge is 2.30. The molecule has 1 aromatic carbocycles. The van der Waals surface area contributed by atoms with Gasteiger partial charge in [-0.25, -0.2) is 9.36 Å². The lowest BCUT2D eigenvalue weighted by atomic mass is 9.99. The standard InChI is InChI=1S/C19H16N2O2/c1-11-9-12(2)20-15(11)10-16-17(14-7-5-4-6-8-14)13(3)18(22)21(16)19(20)23/h4-10H,1-3H3. The molecule has 3 aromatic rings. The highest BCUT2D eigenvalue weighted by molar-refractivity contribution is 6.11. The lowest BCUT2D eigenvalue weighted by molar-refractivity contribution is 0.0955. The molecule has 0 atom stereocenters. The summed E-state index contributed by atoms with van der Waals surface area (Å²) in [5, 5.41) is 0. The number of fused-ring (bicyclic) bond motifs is 2. The molecule has 0 radical (unpaired) electrons. The largest absolute Gasteiger partial charge is 0.340 e. The van der Waals surface area contributed by atoms with E-state index in [1.165, 1.54) is 4.57 Å². The van der Waals surface area contributed by atoms with Crippen LogP contribution in [0.3, 0.4) is 0 Å².